The number of sulfone groups is 1. The van der Waals surface area contributed by atoms with E-state index in [0.717, 1.165) is 0 Å². The monoisotopic (exact) mass is 535 g/mol. The molecule has 1 aliphatic rings. The van der Waals surface area contributed by atoms with Gasteiger partial charge in [0.05, 0.1) is 21.0 Å². The van der Waals surface area contributed by atoms with Gasteiger partial charge in [-0.3, -0.25) is 9.36 Å². The number of nitrogens with one attached hydrogen (secondary N) is 1. The molecule has 11 heteroatoms. The van der Waals surface area contributed by atoms with Crippen LogP contribution in [-0.2, 0) is 9.84 Å². The Kier molecular flexibility index (Phi) is 7.15. The van der Waals surface area contributed by atoms with E-state index in [-0.39, 0.29) is 29.7 Å². The Morgan fingerprint density at radius 1 is 1.48 bits per heavy atom. The average molecular weight is 537 g/mol. The fourth-order valence-electron chi connectivity index (χ4n) is 4.06. The number of aliphatic hydroxyl groups is 1. The molecule has 0 bridgehead atoms. The molecule has 2 aromatic rings. The molecule has 1 amide bonds. The molecule has 0 saturated heterocycles. The maximum Gasteiger partial charge on any atom is 0.273 e. The lowest BCUT2D eigenvalue weighted by atomic mass is 9.73. The molecule has 2 N–H and O–H groups in total. The fraction of sp³-hybridized carbons (Fsp3) is 0.500. The van der Waals surface area contributed by atoms with Crippen molar-refractivity contribution < 1.29 is 22.7 Å². The summed E-state index contributed by atoms with van der Waals surface area (Å²) in [7, 11) is -3.19. The van der Waals surface area contributed by atoms with E-state index in [2.05, 4.69) is 26.2 Å². The van der Waals surface area contributed by atoms with Gasteiger partial charge in [-0.25, -0.2) is 17.8 Å². The van der Waals surface area contributed by atoms with Gasteiger partial charge in [-0.15, -0.1) is 0 Å². The van der Waals surface area contributed by atoms with Crippen LogP contribution in [-0.4, -0.2) is 52.6 Å². The van der Waals surface area contributed by atoms with Crippen molar-refractivity contribution in [3.8, 4) is 5.69 Å². The minimum Gasteiger partial charge on any atom is -0.388 e. The second-order valence-corrected chi connectivity index (χ2v) is 11.5. The van der Waals surface area contributed by atoms with Crippen molar-refractivity contribution in [2.75, 3.05) is 12.8 Å². The number of rotatable bonds is 6. The van der Waals surface area contributed by atoms with E-state index in [0.29, 0.717) is 29.4 Å². The summed E-state index contributed by atoms with van der Waals surface area (Å²) in [4.78, 5) is 16.7. The smallest absolute Gasteiger partial charge is 0.273 e. The van der Waals surface area contributed by atoms with Gasteiger partial charge in [0.2, 0.25) is 0 Å². The summed E-state index contributed by atoms with van der Waals surface area (Å²) in [6.45, 7) is 1.84. The first-order chi connectivity index (χ1) is 14.5. The van der Waals surface area contributed by atoms with Crippen molar-refractivity contribution in [3.05, 3.63) is 45.7 Å². The SMILES string of the molecule is CCC1C[C@@H](S(C)(=O)=O)CC[C@@]1(O)CNC(=O)c1ncn(-c2ccc(Br)c(F)c2)c1Cl. The van der Waals surface area contributed by atoms with E-state index in [1.54, 1.807) is 6.07 Å². The van der Waals surface area contributed by atoms with E-state index < -0.39 is 32.4 Å². The van der Waals surface area contributed by atoms with Gasteiger partial charge in [0.15, 0.2) is 5.69 Å². The Hall–Kier alpha value is -1.49. The van der Waals surface area contributed by atoms with Crippen LogP contribution in [0.3, 0.4) is 0 Å². The zero-order valence-electron chi connectivity index (χ0n) is 17.1. The van der Waals surface area contributed by atoms with Crippen LogP contribution in [0.15, 0.2) is 29.0 Å². The average Bonchev–Trinajstić information content (AvgIpc) is 3.09. The van der Waals surface area contributed by atoms with Crippen molar-refractivity contribution in [2.45, 2.75) is 43.5 Å². The number of benzene rings is 1. The number of hydrogen-bond acceptors (Lipinski definition) is 5. The summed E-state index contributed by atoms with van der Waals surface area (Å²) in [6, 6.07) is 4.40. The lowest BCUT2D eigenvalue weighted by Gasteiger charge is -2.42. The molecule has 0 aliphatic heterocycles. The van der Waals surface area contributed by atoms with Crippen LogP contribution in [0.2, 0.25) is 5.15 Å². The van der Waals surface area contributed by atoms with Gasteiger partial charge in [-0.2, -0.15) is 0 Å². The Bertz CT molecular complexity index is 1090. The molecule has 1 heterocycles. The van der Waals surface area contributed by atoms with Crippen LogP contribution in [0.4, 0.5) is 4.39 Å². The second kappa shape index (κ2) is 9.17. The van der Waals surface area contributed by atoms with Gasteiger partial charge < -0.3 is 10.4 Å². The van der Waals surface area contributed by atoms with Gasteiger partial charge in [0, 0.05) is 12.8 Å². The quantitative estimate of drug-likeness (QED) is 0.588. The lowest BCUT2D eigenvalue weighted by Crippen LogP contribution is -2.52. The number of amides is 1. The summed E-state index contributed by atoms with van der Waals surface area (Å²) >= 11 is 9.39. The first-order valence-electron chi connectivity index (χ1n) is 9.84. The van der Waals surface area contributed by atoms with E-state index in [4.69, 9.17) is 11.6 Å². The highest BCUT2D eigenvalue weighted by Crippen LogP contribution is 2.38. The maximum atomic E-state index is 13.8. The molecule has 1 aromatic heterocycles. The molecular formula is C20H24BrClFN3O4S. The number of halogens is 3. The third kappa shape index (κ3) is 5.13. The predicted octanol–water partition coefficient (Wildman–Crippen LogP) is 3.51. The van der Waals surface area contributed by atoms with Gasteiger partial charge in [0.25, 0.3) is 5.91 Å². The van der Waals surface area contributed by atoms with Crippen LogP contribution in [0.5, 0.6) is 0 Å². The zero-order valence-corrected chi connectivity index (χ0v) is 20.3. The molecule has 7 nitrogen and oxygen atoms in total. The van der Waals surface area contributed by atoms with Gasteiger partial charge in [-0.05, 0) is 59.3 Å². The first kappa shape index (κ1) is 24.2. The summed E-state index contributed by atoms with van der Waals surface area (Å²) in [5.41, 5.74) is -0.859. The maximum absolute atomic E-state index is 13.8. The van der Waals surface area contributed by atoms with Crippen molar-refractivity contribution >= 4 is 43.3 Å². The first-order valence-corrected chi connectivity index (χ1v) is 13.0. The van der Waals surface area contributed by atoms with Crippen LogP contribution < -0.4 is 5.32 Å². The molecule has 1 saturated carbocycles. The topological polar surface area (TPSA) is 101 Å². The summed E-state index contributed by atoms with van der Waals surface area (Å²) in [5, 5.41) is 13.3. The van der Waals surface area contributed by atoms with Crippen LogP contribution in [0.1, 0.15) is 43.1 Å². The summed E-state index contributed by atoms with van der Waals surface area (Å²) in [6.07, 6.45) is 4.08. The number of carbonyl (C=O) groups is 1. The molecule has 1 unspecified atom stereocenters. The van der Waals surface area contributed by atoms with Gasteiger partial charge in [0.1, 0.15) is 27.1 Å². The highest BCUT2D eigenvalue weighted by Gasteiger charge is 2.44. The van der Waals surface area contributed by atoms with Crippen LogP contribution >= 0.6 is 27.5 Å². The van der Waals surface area contributed by atoms with E-state index in [9.17, 15) is 22.7 Å². The van der Waals surface area contributed by atoms with Gasteiger partial charge in [-0.1, -0.05) is 24.9 Å². The van der Waals surface area contributed by atoms with E-state index in [1.165, 1.54) is 29.3 Å². The third-order valence-corrected chi connectivity index (χ3v) is 8.61. The highest BCUT2D eigenvalue weighted by atomic mass is 79.9. The molecule has 1 aromatic carbocycles. The third-order valence-electron chi connectivity index (χ3n) is 5.97. The fourth-order valence-corrected chi connectivity index (χ4v) is 5.71. The van der Waals surface area contributed by atoms with Crippen molar-refractivity contribution in [2.24, 2.45) is 5.92 Å². The molecule has 3 rings (SSSR count). The molecule has 1 fully saturated rings. The predicted molar refractivity (Wildman–Crippen MR) is 120 cm³/mol. The highest BCUT2D eigenvalue weighted by molar-refractivity contribution is 9.10. The zero-order chi connectivity index (χ0) is 23.0. The summed E-state index contributed by atoms with van der Waals surface area (Å²) in [5.74, 6) is -1.32. The largest absolute Gasteiger partial charge is 0.388 e. The van der Waals surface area contributed by atoms with Gasteiger partial charge >= 0.3 is 0 Å². The van der Waals surface area contributed by atoms with Crippen LogP contribution in [0, 0.1) is 11.7 Å². The Morgan fingerprint density at radius 3 is 2.81 bits per heavy atom. The molecule has 31 heavy (non-hydrogen) atoms. The van der Waals surface area contributed by atoms with Crippen molar-refractivity contribution in [1.82, 2.24) is 14.9 Å². The second-order valence-electron chi connectivity index (χ2n) is 7.97. The molecule has 3 atom stereocenters. The minimum absolute atomic E-state index is 0.0130. The van der Waals surface area contributed by atoms with E-state index >= 15 is 0 Å². The Labute approximate surface area is 194 Å². The standard InChI is InChI=1S/C20H24BrClFN3O4S/c1-3-12-8-14(31(2,29)30)6-7-20(12,28)10-24-19(27)17-18(22)26(11-25-17)13-4-5-15(21)16(23)9-13/h4-5,9,11-12,14,28H,3,6-8,10H2,1-2H3,(H,24,27)/t12?,14-,20+/m0/s1. The number of imidazole rings is 1. The molecule has 1 aliphatic carbocycles. The number of nitrogens with zero attached hydrogens (tertiary/aromatic N) is 2. The Morgan fingerprint density at radius 2 is 2.19 bits per heavy atom. The molecular weight excluding hydrogens is 513 g/mol. The number of carbonyl (C=O) groups excluding carboxylic acids is 1. The summed E-state index contributed by atoms with van der Waals surface area (Å²) < 4.78 is 39.3. The minimum atomic E-state index is -3.19. The molecule has 170 valence electrons. The van der Waals surface area contributed by atoms with E-state index in [1.807, 2.05) is 6.92 Å². The number of hydrogen-bond donors (Lipinski definition) is 2. The van der Waals surface area contributed by atoms with Crippen molar-refractivity contribution in [3.63, 3.8) is 0 Å². The van der Waals surface area contributed by atoms with Crippen molar-refractivity contribution in [1.29, 1.82) is 0 Å². The Balaban J connectivity index is 1.72. The molecule has 0 spiro atoms. The normalized spacial score (nSPS) is 24.2. The number of aromatic nitrogens is 2. The van der Waals surface area contributed by atoms with Crippen LogP contribution in [0.25, 0.3) is 5.69 Å². The lowest BCUT2D eigenvalue weighted by molar-refractivity contribution is -0.0455. The molecule has 0 radical (unpaired) electrons.